The second kappa shape index (κ2) is 6.73. The molecule has 1 unspecified atom stereocenters. The Hall–Kier alpha value is -0.860. The van der Waals surface area contributed by atoms with Gasteiger partial charge in [-0.3, -0.25) is 0 Å². The Morgan fingerprint density at radius 2 is 1.80 bits per heavy atom. The van der Waals surface area contributed by atoms with Crippen LogP contribution >= 0.6 is 27.5 Å². The highest BCUT2D eigenvalue weighted by Gasteiger charge is 2.16. The molecule has 2 aromatic carbocycles. The van der Waals surface area contributed by atoms with Crippen LogP contribution in [0.3, 0.4) is 0 Å². The van der Waals surface area contributed by atoms with Gasteiger partial charge in [0, 0.05) is 0 Å². The molecular formula is C17H17BrClF. The third-order valence-electron chi connectivity index (χ3n) is 3.54. The summed E-state index contributed by atoms with van der Waals surface area (Å²) >= 11 is 9.70. The molecule has 0 fully saturated rings. The van der Waals surface area contributed by atoms with Crippen molar-refractivity contribution in [3.63, 3.8) is 0 Å². The first-order valence-corrected chi connectivity index (χ1v) is 8.07. The van der Waals surface area contributed by atoms with Crippen LogP contribution in [-0.4, -0.2) is 0 Å². The predicted molar refractivity (Wildman–Crippen MR) is 87.4 cm³/mol. The molecule has 2 rings (SSSR count). The molecular weight excluding hydrogens is 339 g/mol. The number of hydrogen-bond acceptors (Lipinski definition) is 0. The van der Waals surface area contributed by atoms with E-state index < -0.39 is 0 Å². The Labute approximate surface area is 133 Å². The first-order valence-electron chi connectivity index (χ1n) is 6.78. The van der Waals surface area contributed by atoms with E-state index in [2.05, 4.69) is 48.0 Å². The van der Waals surface area contributed by atoms with Gasteiger partial charge in [-0.2, -0.15) is 0 Å². The lowest BCUT2D eigenvalue weighted by molar-refractivity contribution is 0.626. The second-order valence-corrected chi connectivity index (χ2v) is 6.03. The molecule has 0 bridgehead atoms. The van der Waals surface area contributed by atoms with Gasteiger partial charge in [-0.25, -0.2) is 4.39 Å². The lowest BCUT2D eigenvalue weighted by Crippen LogP contribution is -1.99. The molecule has 0 saturated heterocycles. The third-order valence-corrected chi connectivity index (χ3v) is 4.96. The maximum atomic E-state index is 13.6. The SMILES string of the molecule is CCc1ccc(C(Br)c2cccc(F)c2Cl)cc1CC. The van der Waals surface area contributed by atoms with E-state index in [1.165, 1.54) is 17.2 Å². The van der Waals surface area contributed by atoms with E-state index in [4.69, 9.17) is 11.6 Å². The van der Waals surface area contributed by atoms with E-state index in [0.29, 0.717) is 0 Å². The van der Waals surface area contributed by atoms with Crippen molar-refractivity contribution in [2.24, 2.45) is 0 Å². The summed E-state index contributed by atoms with van der Waals surface area (Å²) in [5.41, 5.74) is 4.56. The molecule has 0 amide bonds. The van der Waals surface area contributed by atoms with Crippen molar-refractivity contribution < 1.29 is 4.39 Å². The summed E-state index contributed by atoms with van der Waals surface area (Å²) in [6.07, 6.45) is 2.02. The van der Waals surface area contributed by atoms with Crippen LogP contribution in [0.25, 0.3) is 0 Å². The van der Waals surface area contributed by atoms with Crippen LogP contribution in [-0.2, 0) is 12.8 Å². The molecule has 0 aliphatic rings. The van der Waals surface area contributed by atoms with Crippen molar-refractivity contribution in [2.75, 3.05) is 0 Å². The van der Waals surface area contributed by atoms with Crippen molar-refractivity contribution in [3.05, 3.63) is 69.5 Å². The average molecular weight is 356 g/mol. The zero-order valence-electron chi connectivity index (χ0n) is 11.6. The van der Waals surface area contributed by atoms with Gasteiger partial charge in [-0.1, -0.05) is 71.7 Å². The molecule has 0 aromatic heterocycles. The van der Waals surface area contributed by atoms with Gasteiger partial charge in [0.05, 0.1) is 9.85 Å². The molecule has 0 heterocycles. The first kappa shape index (κ1) is 15.5. The maximum Gasteiger partial charge on any atom is 0.142 e. The Morgan fingerprint density at radius 3 is 2.45 bits per heavy atom. The summed E-state index contributed by atoms with van der Waals surface area (Å²) in [5, 5.41) is 0.187. The molecule has 0 N–H and O–H groups in total. The molecule has 0 aliphatic carbocycles. The van der Waals surface area contributed by atoms with Gasteiger partial charge in [0.25, 0.3) is 0 Å². The van der Waals surface area contributed by atoms with Crippen molar-refractivity contribution in [2.45, 2.75) is 31.5 Å². The normalized spacial score (nSPS) is 12.4. The minimum atomic E-state index is -0.380. The Kier molecular flexibility index (Phi) is 5.22. The molecule has 0 spiro atoms. The molecule has 0 radical (unpaired) electrons. The molecule has 0 saturated carbocycles. The predicted octanol–water partition coefficient (Wildman–Crippen LogP) is 6.09. The monoisotopic (exact) mass is 354 g/mol. The number of halogens is 3. The van der Waals surface area contributed by atoms with Crippen LogP contribution in [0, 0.1) is 5.82 Å². The molecule has 3 heteroatoms. The van der Waals surface area contributed by atoms with Gasteiger partial charge < -0.3 is 0 Å². The van der Waals surface area contributed by atoms with Gasteiger partial charge >= 0.3 is 0 Å². The standard InChI is InChI=1S/C17H17BrClF/c1-3-11-8-9-13(10-12(11)4-2)16(18)14-6-5-7-15(20)17(14)19/h5-10,16H,3-4H2,1-2H3. The summed E-state index contributed by atoms with van der Waals surface area (Å²) in [4.78, 5) is -0.0955. The summed E-state index contributed by atoms with van der Waals surface area (Å²) in [6.45, 7) is 4.31. The fourth-order valence-corrected chi connectivity index (χ4v) is 3.41. The second-order valence-electron chi connectivity index (χ2n) is 4.74. The van der Waals surface area contributed by atoms with E-state index in [-0.39, 0.29) is 15.7 Å². The smallest absolute Gasteiger partial charge is 0.142 e. The minimum absolute atomic E-state index is 0.0955. The van der Waals surface area contributed by atoms with Gasteiger partial charge in [0.15, 0.2) is 0 Å². The highest BCUT2D eigenvalue weighted by molar-refractivity contribution is 9.09. The number of rotatable bonds is 4. The van der Waals surface area contributed by atoms with Crippen molar-refractivity contribution in [3.8, 4) is 0 Å². The number of hydrogen-bond donors (Lipinski definition) is 0. The lowest BCUT2D eigenvalue weighted by Gasteiger charge is -2.15. The highest BCUT2D eigenvalue weighted by atomic mass is 79.9. The summed E-state index contributed by atoms with van der Waals surface area (Å²) in [5.74, 6) is -0.380. The van der Waals surface area contributed by atoms with Crippen LogP contribution < -0.4 is 0 Å². The van der Waals surface area contributed by atoms with Gasteiger partial charge in [0.1, 0.15) is 5.82 Å². The molecule has 0 nitrogen and oxygen atoms in total. The van der Waals surface area contributed by atoms with Crippen LogP contribution in [0.2, 0.25) is 5.02 Å². The minimum Gasteiger partial charge on any atom is -0.205 e. The average Bonchev–Trinajstić information content (AvgIpc) is 2.48. The van der Waals surface area contributed by atoms with E-state index in [9.17, 15) is 4.39 Å². The van der Waals surface area contributed by atoms with Crippen molar-refractivity contribution >= 4 is 27.5 Å². The van der Waals surface area contributed by atoms with Gasteiger partial charge in [-0.15, -0.1) is 0 Å². The van der Waals surface area contributed by atoms with E-state index in [1.807, 2.05) is 6.07 Å². The van der Waals surface area contributed by atoms with Crippen molar-refractivity contribution in [1.82, 2.24) is 0 Å². The van der Waals surface area contributed by atoms with Crippen molar-refractivity contribution in [1.29, 1.82) is 0 Å². The molecule has 20 heavy (non-hydrogen) atoms. The highest BCUT2D eigenvalue weighted by Crippen LogP contribution is 2.37. The third kappa shape index (κ3) is 3.07. The zero-order valence-corrected chi connectivity index (χ0v) is 13.9. The van der Waals surface area contributed by atoms with Gasteiger partial charge in [0.2, 0.25) is 0 Å². The molecule has 1 atom stereocenters. The molecule has 0 aliphatic heterocycles. The topological polar surface area (TPSA) is 0 Å². The fraction of sp³-hybridized carbons (Fsp3) is 0.294. The van der Waals surface area contributed by atoms with E-state index >= 15 is 0 Å². The fourth-order valence-electron chi connectivity index (χ4n) is 2.37. The van der Waals surface area contributed by atoms with E-state index in [0.717, 1.165) is 24.0 Å². The van der Waals surface area contributed by atoms with E-state index in [1.54, 1.807) is 6.07 Å². The molecule has 106 valence electrons. The Balaban J connectivity index is 2.43. The number of benzene rings is 2. The van der Waals surface area contributed by atoms with Crippen LogP contribution in [0.5, 0.6) is 0 Å². The number of alkyl halides is 1. The van der Waals surface area contributed by atoms with Crippen LogP contribution in [0.15, 0.2) is 36.4 Å². The zero-order chi connectivity index (χ0) is 14.7. The summed E-state index contributed by atoms with van der Waals surface area (Å²) in [6, 6.07) is 11.3. The summed E-state index contributed by atoms with van der Waals surface area (Å²) < 4.78 is 13.6. The number of aryl methyl sites for hydroxylation is 2. The molecule has 2 aromatic rings. The first-order chi connectivity index (χ1) is 9.58. The largest absolute Gasteiger partial charge is 0.205 e. The lowest BCUT2D eigenvalue weighted by atomic mass is 9.96. The van der Waals surface area contributed by atoms with Gasteiger partial charge in [-0.05, 0) is 41.2 Å². The maximum absolute atomic E-state index is 13.6. The quantitative estimate of drug-likeness (QED) is 0.582. The summed E-state index contributed by atoms with van der Waals surface area (Å²) in [7, 11) is 0. The Bertz CT molecular complexity index is 610. The van der Waals surface area contributed by atoms with Crippen LogP contribution in [0.1, 0.15) is 40.9 Å². The van der Waals surface area contributed by atoms with Crippen LogP contribution in [0.4, 0.5) is 4.39 Å². The Morgan fingerprint density at radius 1 is 1.10 bits per heavy atom.